The van der Waals surface area contributed by atoms with E-state index in [1.807, 2.05) is 0 Å². The van der Waals surface area contributed by atoms with Crippen LogP contribution in [0.25, 0.3) is 0 Å². The zero-order valence-electron chi connectivity index (χ0n) is 13.7. The van der Waals surface area contributed by atoms with Crippen LogP contribution in [0.15, 0.2) is 36.7 Å². The molecule has 25 heavy (non-hydrogen) atoms. The van der Waals surface area contributed by atoms with Crippen LogP contribution in [-0.2, 0) is 23.1 Å². The monoisotopic (exact) mass is 342 g/mol. The average molecular weight is 342 g/mol. The first-order valence-corrected chi connectivity index (χ1v) is 7.85. The smallest absolute Gasteiger partial charge is 0.335 e. The summed E-state index contributed by atoms with van der Waals surface area (Å²) in [5, 5.41) is 15.7. The van der Waals surface area contributed by atoms with Gasteiger partial charge in [-0.3, -0.25) is 14.3 Å². The summed E-state index contributed by atoms with van der Waals surface area (Å²) in [5.74, 6) is -1.43. The van der Waals surface area contributed by atoms with Gasteiger partial charge in [0.1, 0.15) is 6.04 Å². The highest BCUT2D eigenvalue weighted by Gasteiger charge is 2.34. The zero-order valence-corrected chi connectivity index (χ0v) is 13.7. The van der Waals surface area contributed by atoms with Crippen molar-refractivity contribution < 1.29 is 19.5 Å². The molecule has 1 saturated heterocycles. The Labute approximate surface area is 144 Å². The Bertz CT molecular complexity index is 812. The van der Waals surface area contributed by atoms with Crippen molar-refractivity contribution in [2.24, 2.45) is 7.05 Å². The minimum Gasteiger partial charge on any atom is -0.478 e. The van der Waals surface area contributed by atoms with Gasteiger partial charge in [0.25, 0.3) is 0 Å². The predicted octanol–water partition coefficient (Wildman–Crippen LogP) is 0.582. The van der Waals surface area contributed by atoms with Gasteiger partial charge in [-0.15, -0.1) is 0 Å². The fourth-order valence-electron chi connectivity index (χ4n) is 2.81. The standard InChI is InChI=1S/C17H18N4O4/c1-20-10-13(9-18-20)21-7-6-14(16(21)23)19-15(22)8-11-2-4-12(5-3-11)17(24)25/h2-5,9-10,14H,6-8H2,1H3,(H,19,22)(H,24,25). The van der Waals surface area contributed by atoms with Gasteiger partial charge in [0.05, 0.1) is 23.9 Å². The molecule has 1 atom stereocenters. The van der Waals surface area contributed by atoms with Crippen molar-refractivity contribution >= 4 is 23.5 Å². The molecule has 2 aromatic rings. The topological polar surface area (TPSA) is 105 Å². The van der Waals surface area contributed by atoms with Gasteiger partial charge in [-0.2, -0.15) is 5.10 Å². The molecular weight excluding hydrogens is 324 g/mol. The normalized spacial score (nSPS) is 16.9. The van der Waals surface area contributed by atoms with E-state index in [0.29, 0.717) is 24.2 Å². The molecule has 1 aliphatic rings. The number of carbonyl (C=O) groups is 3. The highest BCUT2D eigenvalue weighted by molar-refractivity contribution is 6.01. The minimum atomic E-state index is -1.01. The summed E-state index contributed by atoms with van der Waals surface area (Å²) in [6, 6.07) is 5.56. The highest BCUT2D eigenvalue weighted by Crippen LogP contribution is 2.20. The second-order valence-corrected chi connectivity index (χ2v) is 5.95. The second kappa shape index (κ2) is 6.76. The predicted molar refractivity (Wildman–Crippen MR) is 89.2 cm³/mol. The first kappa shape index (κ1) is 16.7. The number of aromatic nitrogens is 2. The molecule has 0 saturated carbocycles. The van der Waals surface area contributed by atoms with Crippen molar-refractivity contribution in [3.05, 3.63) is 47.8 Å². The third kappa shape index (κ3) is 3.68. The third-order valence-electron chi connectivity index (χ3n) is 4.11. The summed E-state index contributed by atoms with van der Waals surface area (Å²) >= 11 is 0. The molecule has 0 spiro atoms. The van der Waals surface area contributed by atoms with Gasteiger partial charge in [0, 0.05) is 19.8 Å². The van der Waals surface area contributed by atoms with Crippen LogP contribution in [0.4, 0.5) is 5.69 Å². The number of nitrogens with zero attached hydrogens (tertiary/aromatic N) is 3. The van der Waals surface area contributed by atoms with Gasteiger partial charge in [-0.25, -0.2) is 4.79 Å². The Balaban J connectivity index is 1.58. The van der Waals surface area contributed by atoms with Crippen LogP contribution in [0.2, 0.25) is 0 Å². The van der Waals surface area contributed by atoms with E-state index in [4.69, 9.17) is 5.11 Å². The van der Waals surface area contributed by atoms with E-state index in [9.17, 15) is 14.4 Å². The maximum absolute atomic E-state index is 12.4. The van der Waals surface area contributed by atoms with Gasteiger partial charge < -0.3 is 15.3 Å². The number of carboxylic acid groups (broad SMARTS) is 1. The van der Waals surface area contributed by atoms with Crippen molar-refractivity contribution in [3.8, 4) is 0 Å². The minimum absolute atomic E-state index is 0.0938. The maximum atomic E-state index is 12.4. The molecule has 0 aliphatic carbocycles. The summed E-state index contributed by atoms with van der Waals surface area (Å²) in [6.45, 7) is 0.531. The lowest BCUT2D eigenvalue weighted by atomic mass is 10.1. The first-order valence-electron chi connectivity index (χ1n) is 7.85. The zero-order chi connectivity index (χ0) is 18.0. The number of aryl methyl sites for hydroxylation is 1. The summed E-state index contributed by atoms with van der Waals surface area (Å²) < 4.78 is 1.62. The molecule has 8 heteroatoms. The van der Waals surface area contributed by atoms with Crippen LogP contribution >= 0.6 is 0 Å². The van der Waals surface area contributed by atoms with E-state index < -0.39 is 12.0 Å². The number of amides is 2. The molecule has 2 heterocycles. The molecule has 2 N–H and O–H groups in total. The van der Waals surface area contributed by atoms with Crippen molar-refractivity contribution in [3.63, 3.8) is 0 Å². The molecule has 130 valence electrons. The Hall–Kier alpha value is -3.16. The van der Waals surface area contributed by atoms with Crippen LogP contribution in [0.5, 0.6) is 0 Å². The number of nitrogens with one attached hydrogen (secondary N) is 1. The van der Waals surface area contributed by atoms with Gasteiger partial charge in [-0.1, -0.05) is 12.1 Å². The summed E-state index contributed by atoms with van der Waals surface area (Å²) in [4.78, 5) is 37.0. The fourth-order valence-corrected chi connectivity index (χ4v) is 2.81. The number of hydrogen-bond acceptors (Lipinski definition) is 4. The molecule has 1 aromatic heterocycles. The molecule has 1 fully saturated rings. The van der Waals surface area contributed by atoms with Crippen molar-refractivity contribution in [1.29, 1.82) is 0 Å². The van der Waals surface area contributed by atoms with Crippen molar-refractivity contribution in [2.45, 2.75) is 18.9 Å². The van der Waals surface area contributed by atoms with Crippen LogP contribution in [0.1, 0.15) is 22.3 Å². The van der Waals surface area contributed by atoms with Crippen LogP contribution in [0, 0.1) is 0 Å². The molecular formula is C17H18N4O4. The van der Waals surface area contributed by atoms with Crippen LogP contribution < -0.4 is 10.2 Å². The summed E-state index contributed by atoms with van der Waals surface area (Å²) in [6.07, 6.45) is 4.01. The molecule has 1 unspecified atom stereocenters. The van der Waals surface area contributed by atoms with Gasteiger partial charge in [-0.05, 0) is 24.1 Å². The quantitative estimate of drug-likeness (QED) is 0.827. The largest absolute Gasteiger partial charge is 0.478 e. The molecule has 1 aliphatic heterocycles. The summed E-state index contributed by atoms with van der Waals surface area (Å²) in [5.41, 5.74) is 1.58. The first-order chi connectivity index (χ1) is 11.9. The van der Waals surface area contributed by atoms with Crippen molar-refractivity contribution in [2.75, 3.05) is 11.4 Å². The SMILES string of the molecule is Cn1cc(N2CCC(NC(=O)Cc3ccc(C(=O)O)cc3)C2=O)cn1. The Morgan fingerprint density at radius 1 is 1.32 bits per heavy atom. The lowest BCUT2D eigenvalue weighted by Gasteiger charge is -2.15. The second-order valence-electron chi connectivity index (χ2n) is 5.95. The van der Waals surface area contributed by atoms with E-state index in [2.05, 4.69) is 10.4 Å². The molecule has 3 rings (SSSR count). The Morgan fingerprint density at radius 2 is 2.04 bits per heavy atom. The van der Waals surface area contributed by atoms with Gasteiger partial charge in [0.15, 0.2) is 0 Å². The number of benzene rings is 1. The third-order valence-corrected chi connectivity index (χ3v) is 4.11. The lowest BCUT2D eigenvalue weighted by Crippen LogP contribution is -2.42. The molecule has 8 nitrogen and oxygen atoms in total. The van der Waals surface area contributed by atoms with Crippen molar-refractivity contribution in [1.82, 2.24) is 15.1 Å². The van der Waals surface area contributed by atoms with E-state index in [-0.39, 0.29) is 23.8 Å². The van der Waals surface area contributed by atoms with E-state index in [1.54, 1.807) is 41.2 Å². The number of anilines is 1. The molecule has 0 radical (unpaired) electrons. The Morgan fingerprint density at radius 3 is 2.64 bits per heavy atom. The van der Waals surface area contributed by atoms with Crippen LogP contribution in [0.3, 0.4) is 0 Å². The number of aromatic carboxylic acids is 1. The van der Waals surface area contributed by atoms with E-state index in [0.717, 1.165) is 0 Å². The van der Waals surface area contributed by atoms with E-state index >= 15 is 0 Å². The maximum Gasteiger partial charge on any atom is 0.335 e. The van der Waals surface area contributed by atoms with Gasteiger partial charge >= 0.3 is 5.97 Å². The highest BCUT2D eigenvalue weighted by atomic mass is 16.4. The lowest BCUT2D eigenvalue weighted by molar-refractivity contribution is -0.126. The number of carboxylic acids is 1. The van der Waals surface area contributed by atoms with Gasteiger partial charge in [0.2, 0.25) is 11.8 Å². The van der Waals surface area contributed by atoms with Crippen LogP contribution in [-0.4, -0.2) is 45.3 Å². The summed E-state index contributed by atoms with van der Waals surface area (Å²) in [7, 11) is 1.78. The number of rotatable bonds is 5. The molecule has 1 aromatic carbocycles. The van der Waals surface area contributed by atoms with E-state index in [1.165, 1.54) is 12.1 Å². The average Bonchev–Trinajstić information content (AvgIpc) is 3.14. The molecule has 2 amide bonds. The Kier molecular flexibility index (Phi) is 4.51. The molecule has 0 bridgehead atoms. The number of hydrogen-bond donors (Lipinski definition) is 2. The number of carbonyl (C=O) groups excluding carboxylic acids is 2. The fraction of sp³-hybridized carbons (Fsp3) is 0.294.